The van der Waals surface area contributed by atoms with Crippen molar-refractivity contribution in [2.75, 3.05) is 0 Å². The minimum absolute atomic E-state index is 0.0462. The monoisotopic (exact) mass is 663 g/mol. The molecule has 7 aromatic carbocycles. The minimum atomic E-state index is -0.0462. The molecule has 3 nitrogen and oxygen atoms in total. The third-order valence-electron chi connectivity index (χ3n) is 10.4. The van der Waals surface area contributed by atoms with Crippen LogP contribution in [0.1, 0.15) is 29.3 Å². The summed E-state index contributed by atoms with van der Waals surface area (Å²) in [4.78, 5) is 15.2. The molecule has 52 heavy (non-hydrogen) atoms. The van der Waals surface area contributed by atoms with Crippen LogP contribution in [0.4, 0.5) is 0 Å². The number of hydrogen-bond acceptors (Lipinski definition) is 3. The highest BCUT2D eigenvalue weighted by Crippen LogP contribution is 2.43. The Balaban J connectivity index is 1.16. The second-order valence-electron chi connectivity index (χ2n) is 13.6. The summed E-state index contributed by atoms with van der Waals surface area (Å²) in [5, 5.41) is 7.71. The zero-order chi connectivity index (χ0) is 34.4. The molecule has 0 spiro atoms. The zero-order valence-corrected chi connectivity index (χ0v) is 28.4. The Bertz CT molecular complexity index is 2710. The fraction of sp³-hybridized carbons (Fsp3) is 0.0408. The van der Waals surface area contributed by atoms with Gasteiger partial charge in [0, 0.05) is 28.8 Å². The van der Waals surface area contributed by atoms with Gasteiger partial charge in [-0.25, -0.2) is 9.97 Å². The van der Waals surface area contributed by atoms with Crippen molar-refractivity contribution >= 4 is 43.5 Å². The number of aromatic nitrogens is 3. The highest BCUT2D eigenvalue weighted by atomic mass is 14.9. The molecule has 9 aromatic rings. The van der Waals surface area contributed by atoms with Gasteiger partial charge in [-0.2, -0.15) is 0 Å². The van der Waals surface area contributed by atoms with Gasteiger partial charge in [0.15, 0.2) is 0 Å². The quantitative estimate of drug-likeness (QED) is 0.166. The number of nitrogens with zero attached hydrogens (tertiary/aromatic N) is 3. The van der Waals surface area contributed by atoms with E-state index in [1.807, 2.05) is 30.5 Å². The highest BCUT2D eigenvalue weighted by Gasteiger charge is 2.24. The summed E-state index contributed by atoms with van der Waals surface area (Å²) >= 11 is 0. The third kappa shape index (κ3) is 5.35. The Labute approximate surface area is 302 Å². The maximum Gasteiger partial charge on any atom is 0.136 e. The van der Waals surface area contributed by atoms with Gasteiger partial charge in [0.05, 0.1) is 17.1 Å². The van der Waals surface area contributed by atoms with Crippen LogP contribution in [-0.2, 0) is 0 Å². The zero-order valence-electron chi connectivity index (χ0n) is 28.4. The molecule has 0 amide bonds. The van der Waals surface area contributed by atoms with Crippen LogP contribution in [0.2, 0.25) is 0 Å². The van der Waals surface area contributed by atoms with Crippen LogP contribution in [0, 0.1) is 0 Å². The topological polar surface area (TPSA) is 38.7 Å². The summed E-state index contributed by atoms with van der Waals surface area (Å²) in [6.07, 6.45) is 7.41. The first-order valence-electron chi connectivity index (χ1n) is 17.9. The van der Waals surface area contributed by atoms with Crippen LogP contribution in [0.3, 0.4) is 0 Å². The van der Waals surface area contributed by atoms with Gasteiger partial charge in [-0.3, -0.25) is 4.98 Å². The van der Waals surface area contributed by atoms with Gasteiger partial charge < -0.3 is 0 Å². The predicted molar refractivity (Wildman–Crippen MR) is 216 cm³/mol. The molecule has 0 N–H and O–H groups in total. The van der Waals surface area contributed by atoms with E-state index in [4.69, 9.17) is 9.97 Å². The molecule has 1 aliphatic rings. The summed E-state index contributed by atoms with van der Waals surface area (Å²) in [5.41, 5.74) is 11.0. The molecule has 0 saturated heterocycles. The van der Waals surface area contributed by atoms with Crippen LogP contribution < -0.4 is 0 Å². The molecule has 3 heteroatoms. The van der Waals surface area contributed by atoms with Gasteiger partial charge in [0.2, 0.25) is 0 Å². The lowest BCUT2D eigenvalue weighted by Crippen LogP contribution is -2.09. The molecule has 0 fully saturated rings. The Kier molecular flexibility index (Phi) is 7.28. The van der Waals surface area contributed by atoms with Crippen LogP contribution in [0.5, 0.6) is 0 Å². The second-order valence-corrected chi connectivity index (χ2v) is 13.6. The average molecular weight is 664 g/mol. The number of pyridine rings is 1. The van der Waals surface area contributed by atoms with E-state index in [-0.39, 0.29) is 5.92 Å². The Morgan fingerprint density at radius 2 is 1.06 bits per heavy atom. The molecule has 1 aliphatic carbocycles. The van der Waals surface area contributed by atoms with E-state index < -0.39 is 0 Å². The Morgan fingerprint density at radius 3 is 1.73 bits per heavy atom. The van der Waals surface area contributed by atoms with Gasteiger partial charge in [0.1, 0.15) is 5.82 Å². The number of benzene rings is 7. The first kappa shape index (κ1) is 30.1. The van der Waals surface area contributed by atoms with Crippen molar-refractivity contribution in [3.05, 3.63) is 199 Å². The van der Waals surface area contributed by atoms with Crippen molar-refractivity contribution in [1.82, 2.24) is 15.0 Å². The van der Waals surface area contributed by atoms with Crippen LogP contribution in [-0.4, -0.2) is 15.0 Å². The maximum atomic E-state index is 5.30. The molecular weight excluding hydrogens is 631 g/mol. The average Bonchev–Trinajstić information content (AvgIpc) is 3.23. The molecular formula is C49H33N3. The molecule has 10 rings (SSSR count). The van der Waals surface area contributed by atoms with E-state index in [9.17, 15) is 0 Å². The first-order chi connectivity index (χ1) is 25.7. The number of allylic oxidation sites excluding steroid dienone is 4. The van der Waals surface area contributed by atoms with Crippen LogP contribution in [0.25, 0.3) is 77.2 Å². The van der Waals surface area contributed by atoms with E-state index in [2.05, 4.69) is 157 Å². The summed E-state index contributed by atoms with van der Waals surface area (Å²) in [5.74, 6) is 0.779. The van der Waals surface area contributed by atoms with E-state index in [0.717, 1.165) is 46.0 Å². The molecule has 0 saturated carbocycles. The van der Waals surface area contributed by atoms with Gasteiger partial charge in [0.25, 0.3) is 0 Å². The SMILES string of the molecule is C1=C(c2ccc(-c3ccccn3)cc2)CC(c2nc(-c3ccccc3)cc(-c3ccccc3)n2)C=C1c1ccc2ccc3cccc4ccc1c2c34. The van der Waals surface area contributed by atoms with Crippen molar-refractivity contribution in [2.24, 2.45) is 0 Å². The Morgan fingerprint density at radius 1 is 0.462 bits per heavy atom. The predicted octanol–water partition coefficient (Wildman–Crippen LogP) is 12.4. The lowest BCUT2D eigenvalue weighted by Gasteiger charge is -2.24. The van der Waals surface area contributed by atoms with Crippen molar-refractivity contribution < 1.29 is 0 Å². The van der Waals surface area contributed by atoms with Crippen LogP contribution in [0.15, 0.2) is 182 Å². The summed E-state index contributed by atoms with van der Waals surface area (Å²) in [6, 6.07) is 58.1. The second kappa shape index (κ2) is 12.6. The summed E-state index contributed by atoms with van der Waals surface area (Å²) in [7, 11) is 0. The first-order valence-corrected chi connectivity index (χ1v) is 17.9. The van der Waals surface area contributed by atoms with Gasteiger partial charge in [-0.05, 0) is 79.2 Å². The molecule has 2 aromatic heterocycles. The molecule has 244 valence electrons. The third-order valence-corrected chi connectivity index (χ3v) is 10.4. The molecule has 1 atom stereocenters. The van der Waals surface area contributed by atoms with Gasteiger partial charge in [-0.1, -0.05) is 158 Å². The maximum absolute atomic E-state index is 5.30. The summed E-state index contributed by atoms with van der Waals surface area (Å²) < 4.78 is 0. The molecule has 0 aliphatic heterocycles. The van der Waals surface area contributed by atoms with Crippen molar-refractivity contribution in [2.45, 2.75) is 12.3 Å². The molecule has 1 unspecified atom stereocenters. The van der Waals surface area contributed by atoms with Gasteiger partial charge in [-0.15, -0.1) is 0 Å². The van der Waals surface area contributed by atoms with Crippen molar-refractivity contribution in [3.8, 4) is 33.8 Å². The molecule has 0 bridgehead atoms. The van der Waals surface area contributed by atoms with Crippen molar-refractivity contribution in [3.63, 3.8) is 0 Å². The van der Waals surface area contributed by atoms with Crippen LogP contribution >= 0.6 is 0 Å². The van der Waals surface area contributed by atoms with E-state index >= 15 is 0 Å². The number of hydrogen-bond donors (Lipinski definition) is 0. The Hall–Kier alpha value is -6.71. The van der Waals surface area contributed by atoms with E-state index in [1.165, 1.54) is 54.6 Å². The highest BCUT2D eigenvalue weighted by molar-refractivity contribution is 6.24. The van der Waals surface area contributed by atoms with Gasteiger partial charge >= 0.3 is 0 Å². The van der Waals surface area contributed by atoms with E-state index in [0.29, 0.717) is 0 Å². The van der Waals surface area contributed by atoms with E-state index in [1.54, 1.807) is 0 Å². The smallest absolute Gasteiger partial charge is 0.136 e. The summed E-state index contributed by atoms with van der Waals surface area (Å²) in [6.45, 7) is 0. The minimum Gasteiger partial charge on any atom is -0.256 e. The van der Waals surface area contributed by atoms with Crippen molar-refractivity contribution in [1.29, 1.82) is 0 Å². The normalized spacial score (nSPS) is 14.5. The lowest BCUT2D eigenvalue weighted by molar-refractivity contribution is 0.787. The fourth-order valence-electron chi connectivity index (χ4n) is 7.86. The number of rotatable bonds is 6. The molecule has 0 radical (unpaired) electrons. The standard InChI is InChI=1S/C49H33N3/c1-3-10-33(11-4-1)45-31-46(34-12-5-2-6-13-34)52-49(51-45)41-29-39(32-17-19-35(20-18-32)44-16-7-8-27-50-44)28-40(30-41)42-25-23-38-22-21-36-14-9-15-37-24-26-43(42)48(38)47(36)37/h1-28,30-31,41H,29H2. The fourth-order valence-corrected chi connectivity index (χ4v) is 7.86. The largest absolute Gasteiger partial charge is 0.256 e. The lowest BCUT2D eigenvalue weighted by atomic mass is 9.82. The molecule has 2 heterocycles.